The summed E-state index contributed by atoms with van der Waals surface area (Å²) in [7, 11) is 0. The summed E-state index contributed by atoms with van der Waals surface area (Å²) >= 11 is 6.16. The lowest BCUT2D eigenvalue weighted by Crippen LogP contribution is -2.43. The number of piperidine rings is 1. The van der Waals surface area contributed by atoms with Crippen LogP contribution in [0.3, 0.4) is 0 Å². The molecule has 0 unspecified atom stereocenters. The van der Waals surface area contributed by atoms with Gasteiger partial charge in [-0.2, -0.15) is 14.9 Å². The number of carbonyl (C=O) groups is 1. The Bertz CT molecular complexity index is 1180. The van der Waals surface area contributed by atoms with E-state index in [1.54, 1.807) is 23.1 Å². The van der Waals surface area contributed by atoms with Gasteiger partial charge in [-0.1, -0.05) is 11.6 Å². The highest BCUT2D eigenvalue weighted by molar-refractivity contribution is 6.33. The predicted octanol–water partition coefficient (Wildman–Crippen LogP) is 2.29. The quantitative estimate of drug-likeness (QED) is 0.606. The van der Waals surface area contributed by atoms with Crippen molar-refractivity contribution < 1.29 is 9.53 Å². The van der Waals surface area contributed by atoms with E-state index < -0.39 is 0 Å². The molecule has 1 amide bonds. The molecule has 0 radical (unpaired) electrons. The van der Waals surface area contributed by atoms with Gasteiger partial charge in [-0.25, -0.2) is 4.98 Å². The molecule has 0 atom stereocenters. The van der Waals surface area contributed by atoms with Gasteiger partial charge >= 0.3 is 0 Å². The fourth-order valence-corrected chi connectivity index (χ4v) is 4.46. The average Bonchev–Trinajstić information content (AvgIpc) is 3.05. The van der Waals surface area contributed by atoms with Crippen LogP contribution in [0.5, 0.6) is 5.75 Å². The van der Waals surface area contributed by atoms with Gasteiger partial charge in [0.25, 0.3) is 0 Å². The Labute approximate surface area is 183 Å². The van der Waals surface area contributed by atoms with Crippen molar-refractivity contribution in [3.8, 4) is 11.8 Å². The van der Waals surface area contributed by atoms with E-state index in [4.69, 9.17) is 16.3 Å². The number of pyridine rings is 1. The van der Waals surface area contributed by atoms with Gasteiger partial charge in [-0.05, 0) is 18.9 Å². The summed E-state index contributed by atoms with van der Waals surface area (Å²) in [6.07, 6.45) is 7.99. The summed E-state index contributed by atoms with van der Waals surface area (Å²) in [5.41, 5.74) is 1.81. The van der Waals surface area contributed by atoms with Gasteiger partial charge in [0, 0.05) is 43.2 Å². The molecular formula is C21H20ClN7O2. The first-order valence-corrected chi connectivity index (χ1v) is 10.5. The van der Waals surface area contributed by atoms with Crippen molar-refractivity contribution in [1.29, 1.82) is 5.26 Å². The molecule has 1 saturated heterocycles. The molecule has 1 fully saturated rings. The minimum atomic E-state index is -0.0524. The summed E-state index contributed by atoms with van der Waals surface area (Å²) in [6.45, 7) is 2.76. The summed E-state index contributed by atoms with van der Waals surface area (Å²) in [6, 6.07) is 4.03. The monoisotopic (exact) mass is 437 g/mol. The Morgan fingerprint density at radius 1 is 1.23 bits per heavy atom. The number of aromatic nitrogens is 4. The van der Waals surface area contributed by atoms with Crippen LogP contribution >= 0.6 is 11.6 Å². The number of carbonyl (C=O) groups excluding carboxylic acids is 1. The number of anilines is 1. The van der Waals surface area contributed by atoms with E-state index in [1.165, 1.54) is 6.20 Å². The lowest BCUT2D eigenvalue weighted by molar-refractivity contribution is -0.137. The molecule has 0 aliphatic carbocycles. The Morgan fingerprint density at radius 2 is 2.06 bits per heavy atom. The normalized spacial score (nSPS) is 17.0. The molecule has 0 saturated carbocycles. The van der Waals surface area contributed by atoms with Gasteiger partial charge in [0.15, 0.2) is 5.65 Å². The topological polar surface area (TPSA) is 99.6 Å². The van der Waals surface area contributed by atoms with Gasteiger partial charge in [0.05, 0.1) is 19.3 Å². The number of nitrogens with zero attached hydrogens (tertiary/aromatic N) is 7. The van der Waals surface area contributed by atoms with Crippen molar-refractivity contribution in [1.82, 2.24) is 24.5 Å². The standard InChI is InChI=1S/C21H20ClN7O2/c22-17-12-26-29-18(1-4-25-20(17)29)27-5-2-14(3-6-27)21(30)28-7-8-31-19-15(9-23)10-24-11-16(19)13-28/h1,4,10-12,14H,2-3,5-8,13H2. The highest BCUT2D eigenvalue weighted by Gasteiger charge is 2.31. The van der Waals surface area contributed by atoms with E-state index in [2.05, 4.69) is 26.0 Å². The zero-order chi connectivity index (χ0) is 21.4. The van der Waals surface area contributed by atoms with E-state index in [9.17, 15) is 10.1 Å². The Hall–Kier alpha value is -3.38. The van der Waals surface area contributed by atoms with E-state index >= 15 is 0 Å². The fourth-order valence-electron chi connectivity index (χ4n) is 4.29. The number of halogens is 1. The summed E-state index contributed by atoms with van der Waals surface area (Å²) in [5, 5.41) is 14.1. The first-order chi connectivity index (χ1) is 15.2. The van der Waals surface area contributed by atoms with Gasteiger partial charge < -0.3 is 14.5 Å². The van der Waals surface area contributed by atoms with Crippen molar-refractivity contribution in [2.24, 2.45) is 5.92 Å². The lowest BCUT2D eigenvalue weighted by atomic mass is 9.95. The molecule has 10 heteroatoms. The number of ether oxygens (including phenoxy) is 1. The van der Waals surface area contributed by atoms with Crippen LogP contribution in [0.4, 0.5) is 5.82 Å². The zero-order valence-corrected chi connectivity index (χ0v) is 17.5. The van der Waals surface area contributed by atoms with Crippen LogP contribution in [-0.2, 0) is 11.3 Å². The number of amides is 1. The van der Waals surface area contributed by atoms with E-state index in [1.807, 2.05) is 11.0 Å². The second-order valence-electron chi connectivity index (χ2n) is 7.69. The average molecular weight is 438 g/mol. The molecular weight excluding hydrogens is 418 g/mol. The molecule has 2 aliphatic heterocycles. The largest absolute Gasteiger partial charge is 0.490 e. The van der Waals surface area contributed by atoms with E-state index in [0.29, 0.717) is 41.7 Å². The first kappa shape index (κ1) is 19.6. The van der Waals surface area contributed by atoms with Crippen LogP contribution in [0.15, 0.2) is 30.9 Å². The van der Waals surface area contributed by atoms with Crippen molar-refractivity contribution in [3.63, 3.8) is 0 Å². The summed E-state index contributed by atoms with van der Waals surface area (Å²) in [4.78, 5) is 25.7. The molecule has 5 rings (SSSR count). The van der Waals surface area contributed by atoms with Crippen molar-refractivity contribution >= 4 is 29.0 Å². The van der Waals surface area contributed by atoms with E-state index in [-0.39, 0.29) is 11.8 Å². The maximum atomic E-state index is 13.3. The van der Waals surface area contributed by atoms with Crippen LogP contribution in [-0.4, -0.2) is 56.6 Å². The molecule has 0 bridgehead atoms. The number of rotatable bonds is 2. The number of fused-ring (bicyclic) bond motifs is 2. The van der Waals surface area contributed by atoms with Crippen LogP contribution in [0, 0.1) is 17.2 Å². The lowest BCUT2D eigenvalue weighted by Gasteiger charge is -2.35. The third kappa shape index (κ3) is 3.53. The molecule has 31 heavy (non-hydrogen) atoms. The number of nitriles is 1. The second-order valence-corrected chi connectivity index (χ2v) is 8.09. The summed E-state index contributed by atoms with van der Waals surface area (Å²) < 4.78 is 7.51. The minimum absolute atomic E-state index is 0.0524. The van der Waals surface area contributed by atoms with Gasteiger partial charge in [-0.15, -0.1) is 0 Å². The highest BCUT2D eigenvalue weighted by Crippen LogP contribution is 2.29. The molecule has 3 aromatic rings. The molecule has 0 N–H and O–H groups in total. The number of hydrogen-bond donors (Lipinski definition) is 0. The maximum Gasteiger partial charge on any atom is 0.226 e. The number of hydrogen-bond acceptors (Lipinski definition) is 7. The van der Waals surface area contributed by atoms with Crippen LogP contribution in [0.2, 0.25) is 5.02 Å². The highest BCUT2D eigenvalue weighted by atomic mass is 35.5. The van der Waals surface area contributed by atoms with Gasteiger partial charge in [0.2, 0.25) is 5.91 Å². The van der Waals surface area contributed by atoms with Gasteiger partial charge in [-0.3, -0.25) is 9.78 Å². The predicted molar refractivity (Wildman–Crippen MR) is 113 cm³/mol. The smallest absolute Gasteiger partial charge is 0.226 e. The van der Waals surface area contributed by atoms with Gasteiger partial charge in [0.1, 0.15) is 34.8 Å². The van der Waals surface area contributed by atoms with Crippen LogP contribution < -0.4 is 9.64 Å². The molecule has 9 nitrogen and oxygen atoms in total. The third-order valence-electron chi connectivity index (χ3n) is 5.88. The van der Waals surface area contributed by atoms with Crippen LogP contribution in [0.25, 0.3) is 5.65 Å². The third-order valence-corrected chi connectivity index (χ3v) is 6.14. The zero-order valence-electron chi connectivity index (χ0n) is 16.7. The molecule has 3 aromatic heterocycles. The Kier molecular flexibility index (Phi) is 5.08. The van der Waals surface area contributed by atoms with Crippen molar-refractivity contribution in [2.75, 3.05) is 31.1 Å². The molecule has 2 aliphatic rings. The van der Waals surface area contributed by atoms with Crippen molar-refractivity contribution in [2.45, 2.75) is 19.4 Å². The Morgan fingerprint density at radius 3 is 2.87 bits per heavy atom. The maximum absolute atomic E-state index is 13.3. The molecule has 5 heterocycles. The minimum Gasteiger partial charge on any atom is -0.490 e. The van der Waals surface area contributed by atoms with Crippen molar-refractivity contribution in [3.05, 3.63) is 47.0 Å². The Balaban J connectivity index is 1.28. The molecule has 0 spiro atoms. The second kappa shape index (κ2) is 8.04. The first-order valence-electron chi connectivity index (χ1n) is 10.2. The van der Waals surface area contributed by atoms with E-state index in [0.717, 1.165) is 37.3 Å². The molecule has 0 aromatic carbocycles. The summed E-state index contributed by atoms with van der Waals surface area (Å²) in [5.74, 6) is 1.54. The molecule has 158 valence electrons. The fraction of sp³-hybridized carbons (Fsp3) is 0.381. The van der Waals surface area contributed by atoms with Crippen LogP contribution in [0.1, 0.15) is 24.0 Å². The SMILES string of the molecule is N#Cc1cncc2c1OCCN(C(=O)C1CCN(c3ccnc4c(Cl)cnn34)CC1)C2.